The van der Waals surface area contributed by atoms with Gasteiger partial charge in [-0.2, -0.15) is 0 Å². The molecule has 16 heavy (non-hydrogen) atoms. The van der Waals surface area contributed by atoms with Crippen LogP contribution >= 0.6 is 0 Å². The molecule has 0 bridgehead atoms. The number of nitrogen functional groups attached to an aromatic ring is 1. The van der Waals surface area contributed by atoms with Crippen molar-refractivity contribution >= 4 is 5.82 Å². The number of nitrogens with two attached hydrogens (primary N) is 1. The number of rotatable bonds is 6. The van der Waals surface area contributed by atoms with Gasteiger partial charge < -0.3 is 10.2 Å². The van der Waals surface area contributed by atoms with Crippen LogP contribution in [0.15, 0.2) is 6.07 Å². The zero-order chi connectivity index (χ0) is 12.0. The lowest BCUT2D eigenvalue weighted by molar-refractivity contribution is 0.157. The van der Waals surface area contributed by atoms with E-state index >= 15 is 0 Å². The summed E-state index contributed by atoms with van der Waals surface area (Å²) in [6, 6.07) is 1.80. The smallest absolute Gasteiger partial charge is 0.145 e. The second kappa shape index (κ2) is 6.37. The molecule has 0 fully saturated rings. The summed E-state index contributed by atoms with van der Waals surface area (Å²) in [6.07, 6.45) is 0. The van der Waals surface area contributed by atoms with Crippen molar-refractivity contribution < 1.29 is 4.74 Å². The van der Waals surface area contributed by atoms with Crippen LogP contribution in [-0.2, 0) is 11.3 Å². The van der Waals surface area contributed by atoms with Crippen molar-refractivity contribution in [3.8, 4) is 0 Å². The summed E-state index contributed by atoms with van der Waals surface area (Å²) in [7, 11) is 3.69. The van der Waals surface area contributed by atoms with E-state index in [0.717, 1.165) is 18.1 Å². The average molecular weight is 225 g/mol. The van der Waals surface area contributed by atoms with Gasteiger partial charge in [-0.25, -0.2) is 15.8 Å². The number of methoxy groups -OCH3 is 1. The van der Waals surface area contributed by atoms with Crippen LogP contribution in [0.1, 0.15) is 11.5 Å². The predicted octanol–water partition coefficient (Wildman–Crippen LogP) is 0.149. The molecule has 1 rings (SSSR count). The Morgan fingerprint density at radius 3 is 2.88 bits per heavy atom. The van der Waals surface area contributed by atoms with Gasteiger partial charge in [0.2, 0.25) is 0 Å². The Balaban J connectivity index is 2.61. The van der Waals surface area contributed by atoms with Crippen LogP contribution in [0.2, 0.25) is 0 Å². The van der Waals surface area contributed by atoms with E-state index in [-0.39, 0.29) is 0 Å². The number of hydrogen-bond donors (Lipinski definition) is 2. The molecule has 0 atom stereocenters. The number of anilines is 1. The Hall–Kier alpha value is -1.24. The third kappa shape index (κ3) is 4.09. The van der Waals surface area contributed by atoms with Gasteiger partial charge >= 0.3 is 0 Å². The normalized spacial score (nSPS) is 10.8. The maximum Gasteiger partial charge on any atom is 0.145 e. The van der Waals surface area contributed by atoms with Crippen molar-refractivity contribution in [2.75, 3.05) is 32.7 Å². The quantitative estimate of drug-likeness (QED) is 0.530. The zero-order valence-corrected chi connectivity index (χ0v) is 10.0. The summed E-state index contributed by atoms with van der Waals surface area (Å²) in [6.45, 7) is 4.14. The summed E-state index contributed by atoms with van der Waals surface area (Å²) in [4.78, 5) is 10.7. The lowest BCUT2D eigenvalue weighted by atomic mass is 10.4. The number of hydrogen-bond acceptors (Lipinski definition) is 6. The lowest BCUT2D eigenvalue weighted by Gasteiger charge is -2.15. The summed E-state index contributed by atoms with van der Waals surface area (Å²) in [5, 5.41) is 0. The Morgan fingerprint density at radius 1 is 1.50 bits per heavy atom. The third-order valence-corrected chi connectivity index (χ3v) is 2.14. The summed E-state index contributed by atoms with van der Waals surface area (Å²) in [5.74, 6) is 6.72. The highest BCUT2D eigenvalue weighted by Gasteiger charge is 2.05. The molecule has 3 N–H and O–H groups in total. The lowest BCUT2D eigenvalue weighted by Crippen LogP contribution is -2.24. The van der Waals surface area contributed by atoms with Crippen molar-refractivity contribution in [1.82, 2.24) is 14.9 Å². The van der Waals surface area contributed by atoms with E-state index < -0.39 is 0 Å². The molecule has 0 unspecified atom stereocenters. The highest BCUT2D eigenvalue weighted by Crippen LogP contribution is 2.05. The minimum Gasteiger partial charge on any atom is -0.383 e. The molecule has 1 aromatic rings. The van der Waals surface area contributed by atoms with Crippen molar-refractivity contribution in [2.24, 2.45) is 5.84 Å². The number of hydrazine groups is 1. The van der Waals surface area contributed by atoms with E-state index in [9.17, 15) is 0 Å². The van der Waals surface area contributed by atoms with Gasteiger partial charge in [0.05, 0.1) is 13.2 Å². The number of nitrogens with zero attached hydrogens (tertiary/aromatic N) is 3. The van der Waals surface area contributed by atoms with Crippen molar-refractivity contribution in [2.45, 2.75) is 13.5 Å². The molecule has 6 nitrogen and oxygen atoms in total. The summed E-state index contributed by atoms with van der Waals surface area (Å²) >= 11 is 0. The number of likely N-dealkylation sites (N-methyl/N-ethyl adjacent to an activating group) is 1. The fourth-order valence-corrected chi connectivity index (χ4v) is 1.34. The molecule has 0 spiro atoms. The van der Waals surface area contributed by atoms with E-state index in [4.69, 9.17) is 10.6 Å². The van der Waals surface area contributed by atoms with Gasteiger partial charge in [-0.3, -0.25) is 4.90 Å². The molecule has 90 valence electrons. The molecule has 0 aliphatic heterocycles. The maximum absolute atomic E-state index is 5.32. The molecule has 0 aliphatic rings. The molecule has 0 radical (unpaired) electrons. The average Bonchev–Trinajstić information content (AvgIpc) is 2.25. The van der Waals surface area contributed by atoms with Gasteiger partial charge in [-0.1, -0.05) is 0 Å². The Bertz CT molecular complexity index is 331. The number of aryl methyl sites for hydroxylation is 1. The second-order valence-electron chi connectivity index (χ2n) is 3.69. The van der Waals surface area contributed by atoms with Gasteiger partial charge in [0, 0.05) is 25.4 Å². The molecular weight excluding hydrogens is 206 g/mol. The van der Waals surface area contributed by atoms with Crippen LogP contribution in [0.25, 0.3) is 0 Å². The van der Waals surface area contributed by atoms with Crippen molar-refractivity contribution in [3.05, 3.63) is 17.6 Å². The molecule has 6 heteroatoms. The number of ether oxygens (including phenoxy) is 1. The predicted molar refractivity (Wildman–Crippen MR) is 62.8 cm³/mol. The molecule has 1 aromatic heterocycles. The minimum absolute atomic E-state index is 0.641. The van der Waals surface area contributed by atoms with E-state index in [1.54, 1.807) is 13.2 Å². The van der Waals surface area contributed by atoms with Crippen LogP contribution in [-0.4, -0.2) is 42.2 Å². The van der Waals surface area contributed by atoms with Gasteiger partial charge in [0.25, 0.3) is 0 Å². The highest BCUT2D eigenvalue weighted by atomic mass is 16.5. The Labute approximate surface area is 95.8 Å². The zero-order valence-electron chi connectivity index (χ0n) is 10.0. The Kier molecular flexibility index (Phi) is 5.10. The van der Waals surface area contributed by atoms with Gasteiger partial charge in [-0.05, 0) is 14.0 Å². The second-order valence-corrected chi connectivity index (χ2v) is 3.69. The topological polar surface area (TPSA) is 76.3 Å². The Morgan fingerprint density at radius 2 is 2.25 bits per heavy atom. The molecular formula is C10H19N5O. The first-order valence-electron chi connectivity index (χ1n) is 5.14. The first-order valence-corrected chi connectivity index (χ1v) is 5.14. The number of nitrogens with one attached hydrogen (secondary N) is 1. The molecule has 0 aliphatic carbocycles. The van der Waals surface area contributed by atoms with Crippen molar-refractivity contribution in [1.29, 1.82) is 0 Å². The van der Waals surface area contributed by atoms with Crippen LogP contribution in [0.3, 0.4) is 0 Å². The molecule has 0 amide bonds. The van der Waals surface area contributed by atoms with Crippen LogP contribution in [0.5, 0.6) is 0 Å². The van der Waals surface area contributed by atoms with Crippen LogP contribution in [0.4, 0.5) is 5.82 Å². The first-order chi connectivity index (χ1) is 7.65. The first kappa shape index (κ1) is 12.8. The summed E-state index contributed by atoms with van der Waals surface area (Å²) < 4.78 is 5.00. The highest BCUT2D eigenvalue weighted by molar-refractivity contribution is 5.33. The van der Waals surface area contributed by atoms with E-state index in [1.165, 1.54) is 0 Å². The van der Waals surface area contributed by atoms with E-state index in [0.29, 0.717) is 19.0 Å². The van der Waals surface area contributed by atoms with Crippen LogP contribution in [0, 0.1) is 6.92 Å². The van der Waals surface area contributed by atoms with Gasteiger partial charge in [-0.15, -0.1) is 0 Å². The maximum atomic E-state index is 5.32. The standard InChI is InChI=1S/C10H19N5O/c1-8-6-9(14-11)13-10(12-8)7-15(2)4-5-16-3/h6H,4-5,7,11H2,1-3H3,(H,12,13,14). The minimum atomic E-state index is 0.641. The number of aromatic nitrogens is 2. The molecule has 1 heterocycles. The monoisotopic (exact) mass is 225 g/mol. The van der Waals surface area contributed by atoms with Crippen LogP contribution < -0.4 is 11.3 Å². The van der Waals surface area contributed by atoms with E-state index in [1.807, 2.05) is 14.0 Å². The SMILES string of the molecule is COCCN(C)Cc1nc(C)cc(NN)n1. The van der Waals surface area contributed by atoms with E-state index in [2.05, 4.69) is 20.3 Å². The van der Waals surface area contributed by atoms with Gasteiger partial charge in [0.1, 0.15) is 11.6 Å². The van der Waals surface area contributed by atoms with Gasteiger partial charge in [0.15, 0.2) is 0 Å². The molecule has 0 saturated heterocycles. The molecule has 0 aromatic carbocycles. The molecule has 0 saturated carbocycles. The fourth-order valence-electron chi connectivity index (χ4n) is 1.34. The third-order valence-electron chi connectivity index (χ3n) is 2.14. The largest absolute Gasteiger partial charge is 0.383 e. The fraction of sp³-hybridized carbons (Fsp3) is 0.600. The van der Waals surface area contributed by atoms with Crippen molar-refractivity contribution in [3.63, 3.8) is 0 Å². The summed E-state index contributed by atoms with van der Waals surface area (Å²) in [5.41, 5.74) is 3.43.